The molecular formula is C19H20ClNO5. The molecule has 6 nitrogen and oxygen atoms in total. The Morgan fingerprint density at radius 3 is 2.46 bits per heavy atom. The molecule has 0 saturated heterocycles. The van der Waals surface area contributed by atoms with Gasteiger partial charge in [-0.1, -0.05) is 11.6 Å². The second kappa shape index (κ2) is 8.58. The number of hydrogen-bond acceptors (Lipinski definition) is 4. The normalized spacial score (nSPS) is 11.5. The third-order valence-electron chi connectivity index (χ3n) is 3.93. The summed E-state index contributed by atoms with van der Waals surface area (Å²) in [5.41, 5.74) is 1.68. The monoisotopic (exact) mass is 377 g/mol. The Morgan fingerprint density at radius 2 is 1.88 bits per heavy atom. The van der Waals surface area contributed by atoms with Crippen LogP contribution in [0.25, 0.3) is 0 Å². The Kier molecular flexibility index (Phi) is 6.46. The minimum Gasteiger partial charge on any atom is -0.497 e. The number of amides is 1. The van der Waals surface area contributed by atoms with Gasteiger partial charge in [-0.2, -0.15) is 0 Å². The van der Waals surface area contributed by atoms with Crippen molar-refractivity contribution in [3.05, 3.63) is 58.1 Å². The van der Waals surface area contributed by atoms with Crippen LogP contribution in [0.5, 0.6) is 11.5 Å². The van der Waals surface area contributed by atoms with E-state index in [4.69, 9.17) is 21.1 Å². The number of carbonyl (C=O) groups excluding carboxylic acids is 1. The van der Waals surface area contributed by atoms with Crippen molar-refractivity contribution in [3.8, 4) is 11.5 Å². The largest absolute Gasteiger partial charge is 0.497 e. The summed E-state index contributed by atoms with van der Waals surface area (Å²) in [6.45, 7) is 1.76. The lowest BCUT2D eigenvalue weighted by Crippen LogP contribution is -2.31. The summed E-state index contributed by atoms with van der Waals surface area (Å²) in [6, 6.07) is 9.14. The van der Waals surface area contributed by atoms with Crippen molar-refractivity contribution >= 4 is 23.5 Å². The van der Waals surface area contributed by atoms with Crippen LogP contribution in [0.2, 0.25) is 5.02 Å². The summed E-state index contributed by atoms with van der Waals surface area (Å²) < 4.78 is 10.5. The van der Waals surface area contributed by atoms with Gasteiger partial charge in [-0.25, -0.2) is 0 Å². The molecule has 1 unspecified atom stereocenters. The van der Waals surface area contributed by atoms with E-state index in [-0.39, 0.29) is 12.3 Å². The maximum absolute atomic E-state index is 12.7. The summed E-state index contributed by atoms with van der Waals surface area (Å²) in [7, 11) is 3.00. The van der Waals surface area contributed by atoms with E-state index < -0.39 is 12.0 Å². The van der Waals surface area contributed by atoms with Gasteiger partial charge >= 0.3 is 5.97 Å². The minimum absolute atomic E-state index is 0.291. The van der Waals surface area contributed by atoms with Gasteiger partial charge in [0.05, 0.1) is 26.7 Å². The molecule has 2 N–H and O–H groups in total. The van der Waals surface area contributed by atoms with Gasteiger partial charge in [0.15, 0.2) is 0 Å². The molecule has 0 aliphatic rings. The van der Waals surface area contributed by atoms with Gasteiger partial charge in [-0.3, -0.25) is 9.59 Å². The first-order chi connectivity index (χ1) is 12.3. The van der Waals surface area contributed by atoms with E-state index >= 15 is 0 Å². The van der Waals surface area contributed by atoms with E-state index in [9.17, 15) is 14.7 Å². The highest BCUT2D eigenvalue weighted by molar-refractivity contribution is 6.30. The third-order valence-corrected chi connectivity index (χ3v) is 4.17. The average Bonchev–Trinajstić information content (AvgIpc) is 2.60. The summed E-state index contributed by atoms with van der Waals surface area (Å²) in [4.78, 5) is 24.0. The van der Waals surface area contributed by atoms with Gasteiger partial charge in [0.1, 0.15) is 11.5 Å². The van der Waals surface area contributed by atoms with Gasteiger partial charge < -0.3 is 19.9 Å². The maximum atomic E-state index is 12.7. The molecule has 1 amide bonds. The van der Waals surface area contributed by atoms with Gasteiger partial charge in [-0.05, 0) is 42.8 Å². The van der Waals surface area contributed by atoms with Crippen LogP contribution in [0.4, 0.5) is 0 Å². The zero-order valence-corrected chi connectivity index (χ0v) is 15.5. The van der Waals surface area contributed by atoms with Crippen LogP contribution >= 0.6 is 11.6 Å². The van der Waals surface area contributed by atoms with Crippen molar-refractivity contribution in [1.29, 1.82) is 0 Å². The molecule has 7 heteroatoms. The van der Waals surface area contributed by atoms with Crippen LogP contribution in [0.3, 0.4) is 0 Å². The quantitative estimate of drug-likeness (QED) is 0.769. The standard InChI is InChI=1S/C19H20ClNO5/c1-11-8-12(20)4-6-14(11)19(24)21-16(10-18(22)23)15-7-5-13(25-2)9-17(15)26-3/h4-9,16H,10H2,1-3H3,(H,21,24)(H,22,23). The Morgan fingerprint density at radius 1 is 1.15 bits per heavy atom. The number of ether oxygens (including phenoxy) is 2. The molecule has 0 aliphatic heterocycles. The number of nitrogens with one attached hydrogen (secondary N) is 1. The van der Waals surface area contributed by atoms with Gasteiger partial charge in [0.2, 0.25) is 0 Å². The fourth-order valence-electron chi connectivity index (χ4n) is 2.64. The predicted octanol–water partition coefficient (Wildman–Crippen LogP) is 3.61. The molecule has 2 rings (SSSR count). The SMILES string of the molecule is COc1ccc(C(CC(=O)O)NC(=O)c2ccc(Cl)cc2C)c(OC)c1. The van der Waals surface area contributed by atoms with Crippen LogP contribution < -0.4 is 14.8 Å². The third kappa shape index (κ3) is 4.67. The predicted molar refractivity (Wildman–Crippen MR) is 98.2 cm³/mol. The smallest absolute Gasteiger partial charge is 0.305 e. The molecule has 2 aromatic rings. The van der Waals surface area contributed by atoms with Crippen LogP contribution in [0.1, 0.15) is 33.9 Å². The van der Waals surface area contributed by atoms with Gasteiger partial charge in [0.25, 0.3) is 5.91 Å². The second-order valence-electron chi connectivity index (χ2n) is 5.69. The Balaban J connectivity index is 2.36. The van der Waals surface area contributed by atoms with Crippen LogP contribution in [-0.2, 0) is 4.79 Å². The van der Waals surface area contributed by atoms with Crippen molar-refractivity contribution in [1.82, 2.24) is 5.32 Å². The van der Waals surface area contributed by atoms with Crippen molar-refractivity contribution in [2.45, 2.75) is 19.4 Å². The lowest BCUT2D eigenvalue weighted by Gasteiger charge is -2.21. The number of carbonyl (C=O) groups is 2. The van der Waals surface area contributed by atoms with E-state index in [1.165, 1.54) is 14.2 Å². The minimum atomic E-state index is -1.04. The van der Waals surface area contributed by atoms with Crippen molar-refractivity contribution in [2.75, 3.05) is 14.2 Å². The van der Waals surface area contributed by atoms with E-state index in [2.05, 4.69) is 5.32 Å². The Bertz CT molecular complexity index is 822. The maximum Gasteiger partial charge on any atom is 0.305 e. The van der Waals surface area contributed by atoms with E-state index in [0.29, 0.717) is 33.2 Å². The number of methoxy groups -OCH3 is 2. The zero-order valence-electron chi connectivity index (χ0n) is 14.7. The molecule has 0 aliphatic carbocycles. The molecule has 0 fully saturated rings. The first kappa shape index (κ1) is 19.6. The first-order valence-corrected chi connectivity index (χ1v) is 8.24. The second-order valence-corrected chi connectivity index (χ2v) is 6.13. The lowest BCUT2D eigenvalue weighted by molar-refractivity contribution is -0.137. The van der Waals surface area contributed by atoms with Crippen LogP contribution in [0, 0.1) is 6.92 Å². The van der Waals surface area contributed by atoms with Crippen LogP contribution in [-0.4, -0.2) is 31.2 Å². The van der Waals surface area contributed by atoms with Gasteiger partial charge in [0, 0.05) is 22.2 Å². The van der Waals surface area contributed by atoms with E-state index in [1.54, 1.807) is 43.3 Å². The highest BCUT2D eigenvalue weighted by Crippen LogP contribution is 2.31. The fraction of sp³-hybridized carbons (Fsp3) is 0.263. The Labute approximate surface area is 156 Å². The average molecular weight is 378 g/mol. The highest BCUT2D eigenvalue weighted by atomic mass is 35.5. The number of carboxylic acids is 1. The molecule has 0 bridgehead atoms. The number of hydrogen-bond donors (Lipinski definition) is 2. The summed E-state index contributed by atoms with van der Waals surface area (Å²) in [5, 5.41) is 12.5. The summed E-state index contributed by atoms with van der Waals surface area (Å²) in [6.07, 6.45) is -0.291. The molecule has 0 radical (unpaired) electrons. The number of aryl methyl sites for hydroxylation is 1. The highest BCUT2D eigenvalue weighted by Gasteiger charge is 2.23. The number of aliphatic carboxylic acids is 1. The van der Waals surface area contributed by atoms with E-state index in [1.807, 2.05) is 0 Å². The fourth-order valence-corrected chi connectivity index (χ4v) is 2.86. The summed E-state index contributed by atoms with van der Waals surface area (Å²) in [5.74, 6) is -0.424. The lowest BCUT2D eigenvalue weighted by atomic mass is 10.0. The van der Waals surface area contributed by atoms with Crippen molar-refractivity contribution in [2.24, 2.45) is 0 Å². The Hall–Kier alpha value is -2.73. The number of benzene rings is 2. The molecule has 138 valence electrons. The zero-order chi connectivity index (χ0) is 19.3. The molecule has 1 atom stereocenters. The topological polar surface area (TPSA) is 84.9 Å². The molecule has 26 heavy (non-hydrogen) atoms. The molecule has 0 spiro atoms. The van der Waals surface area contributed by atoms with Gasteiger partial charge in [-0.15, -0.1) is 0 Å². The molecule has 0 aromatic heterocycles. The van der Waals surface area contributed by atoms with E-state index in [0.717, 1.165) is 0 Å². The van der Waals surface area contributed by atoms with Crippen molar-refractivity contribution in [3.63, 3.8) is 0 Å². The molecule has 0 heterocycles. The number of halogens is 1. The molecule has 0 saturated carbocycles. The molecule has 2 aromatic carbocycles. The van der Waals surface area contributed by atoms with Crippen LogP contribution in [0.15, 0.2) is 36.4 Å². The number of carboxylic acid groups (broad SMARTS) is 1. The summed E-state index contributed by atoms with van der Waals surface area (Å²) >= 11 is 5.92. The number of rotatable bonds is 7. The first-order valence-electron chi connectivity index (χ1n) is 7.86. The molecular weight excluding hydrogens is 358 g/mol. The van der Waals surface area contributed by atoms with Crippen molar-refractivity contribution < 1.29 is 24.2 Å².